The van der Waals surface area contributed by atoms with Gasteiger partial charge in [0.25, 0.3) is 0 Å². The van der Waals surface area contributed by atoms with Crippen LogP contribution in [-0.2, 0) is 4.79 Å². The number of hydrogen-bond acceptors (Lipinski definition) is 1. The Hall–Kier alpha value is -1.09. The molecule has 17 heavy (non-hydrogen) atoms. The molecule has 0 bridgehead atoms. The van der Waals surface area contributed by atoms with Gasteiger partial charge >= 0.3 is 5.97 Å². The summed E-state index contributed by atoms with van der Waals surface area (Å²) in [5, 5.41) is 8.72. The van der Waals surface area contributed by atoms with Gasteiger partial charge in [0.2, 0.25) is 0 Å². The van der Waals surface area contributed by atoms with Gasteiger partial charge in [0.1, 0.15) is 0 Å². The van der Waals surface area contributed by atoms with E-state index in [4.69, 9.17) is 5.11 Å². The molecule has 0 fully saturated rings. The summed E-state index contributed by atoms with van der Waals surface area (Å²) in [4.78, 5) is 10.6. The van der Waals surface area contributed by atoms with Gasteiger partial charge < -0.3 is 5.11 Å². The van der Waals surface area contributed by atoms with Crippen LogP contribution in [0.25, 0.3) is 5.57 Å². The Morgan fingerprint density at radius 2 is 1.94 bits per heavy atom. The van der Waals surface area contributed by atoms with Gasteiger partial charge in [-0.3, -0.25) is 4.79 Å². The smallest absolute Gasteiger partial charge is 0.307 e. The molecule has 1 aromatic carbocycles. The monoisotopic (exact) mass is 296 g/mol. The Bertz CT molecular complexity index is 462. The number of carboxylic acids is 1. The minimum absolute atomic E-state index is 0.0720. The number of aryl methyl sites for hydroxylation is 2. The Labute approximate surface area is 110 Å². The van der Waals surface area contributed by atoms with Crippen LogP contribution >= 0.6 is 15.9 Å². The summed E-state index contributed by atoms with van der Waals surface area (Å²) in [7, 11) is 0. The average molecular weight is 297 g/mol. The fraction of sp³-hybridized carbons (Fsp3) is 0.357. The zero-order valence-electron chi connectivity index (χ0n) is 10.4. The number of halogens is 1. The first kappa shape index (κ1) is 14.0. The Kier molecular flexibility index (Phi) is 4.94. The van der Waals surface area contributed by atoms with E-state index in [2.05, 4.69) is 41.9 Å². The zero-order valence-corrected chi connectivity index (χ0v) is 12.0. The summed E-state index contributed by atoms with van der Waals surface area (Å²) in [6, 6.07) is 4.19. The van der Waals surface area contributed by atoms with Crippen molar-refractivity contribution < 1.29 is 9.90 Å². The van der Waals surface area contributed by atoms with E-state index in [1.807, 2.05) is 6.92 Å². The van der Waals surface area contributed by atoms with Gasteiger partial charge in [-0.15, -0.1) is 0 Å². The highest BCUT2D eigenvalue weighted by Crippen LogP contribution is 2.29. The zero-order chi connectivity index (χ0) is 13.0. The van der Waals surface area contributed by atoms with Crippen LogP contribution < -0.4 is 0 Å². The molecule has 0 spiro atoms. The summed E-state index contributed by atoms with van der Waals surface area (Å²) in [6.45, 7) is 6.17. The minimum Gasteiger partial charge on any atom is -0.481 e. The number of aliphatic carboxylic acids is 1. The molecule has 0 aliphatic rings. The largest absolute Gasteiger partial charge is 0.481 e. The first-order valence-corrected chi connectivity index (χ1v) is 6.43. The molecule has 0 aliphatic heterocycles. The lowest BCUT2D eigenvalue weighted by Crippen LogP contribution is -1.94. The van der Waals surface area contributed by atoms with Gasteiger partial charge in [-0.05, 0) is 48.6 Å². The van der Waals surface area contributed by atoms with Crippen molar-refractivity contribution in [1.82, 2.24) is 0 Å². The molecule has 0 atom stereocenters. The first-order valence-electron chi connectivity index (χ1n) is 5.63. The molecule has 0 aliphatic carbocycles. The van der Waals surface area contributed by atoms with E-state index < -0.39 is 5.97 Å². The van der Waals surface area contributed by atoms with Crippen LogP contribution in [0.3, 0.4) is 0 Å². The van der Waals surface area contributed by atoms with Crippen molar-refractivity contribution in [3.05, 3.63) is 39.4 Å². The van der Waals surface area contributed by atoms with Crippen LogP contribution in [-0.4, -0.2) is 11.1 Å². The fourth-order valence-corrected chi connectivity index (χ4v) is 2.39. The van der Waals surface area contributed by atoms with Crippen molar-refractivity contribution in [3.8, 4) is 0 Å². The maximum Gasteiger partial charge on any atom is 0.307 e. The second kappa shape index (κ2) is 6.01. The normalized spacial score (nSPS) is 11.6. The molecule has 1 aromatic rings. The van der Waals surface area contributed by atoms with Crippen LogP contribution in [0.1, 0.15) is 36.5 Å². The standard InChI is InChI=1S/C14H17BrO2/c1-4-11(5-6-14(16)17)12-7-9(2)10(3)8-13(12)15/h5,7-8H,4,6H2,1-3H3,(H,16,17)/b11-5+. The van der Waals surface area contributed by atoms with Gasteiger partial charge in [0.15, 0.2) is 0 Å². The van der Waals surface area contributed by atoms with E-state index in [9.17, 15) is 4.79 Å². The number of rotatable bonds is 4. The van der Waals surface area contributed by atoms with Gasteiger partial charge in [0.05, 0.1) is 6.42 Å². The molecule has 0 radical (unpaired) electrons. The maximum atomic E-state index is 10.6. The third kappa shape index (κ3) is 3.70. The van der Waals surface area contributed by atoms with Crippen molar-refractivity contribution >= 4 is 27.5 Å². The Morgan fingerprint density at radius 1 is 1.35 bits per heavy atom. The Balaban J connectivity index is 3.16. The SMILES string of the molecule is CC/C(=C\CC(=O)O)c1cc(C)c(C)cc1Br. The Morgan fingerprint density at radius 3 is 2.47 bits per heavy atom. The van der Waals surface area contributed by atoms with Crippen LogP contribution in [0.5, 0.6) is 0 Å². The van der Waals surface area contributed by atoms with Crippen LogP contribution in [0.2, 0.25) is 0 Å². The predicted molar refractivity (Wildman–Crippen MR) is 74.1 cm³/mol. The van der Waals surface area contributed by atoms with Crippen molar-refractivity contribution in [2.45, 2.75) is 33.6 Å². The van der Waals surface area contributed by atoms with Gasteiger partial charge in [-0.2, -0.15) is 0 Å². The average Bonchev–Trinajstić information content (AvgIpc) is 2.25. The third-order valence-corrected chi connectivity index (χ3v) is 3.49. The minimum atomic E-state index is -0.795. The molecule has 0 aromatic heterocycles. The number of carbonyl (C=O) groups is 1. The summed E-state index contributed by atoms with van der Waals surface area (Å²) in [5.41, 5.74) is 4.62. The van der Waals surface area contributed by atoms with E-state index in [0.29, 0.717) is 0 Å². The molecule has 92 valence electrons. The van der Waals surface area contributed by atoms with E-state index >= 15 is 0 Å². The molecule has 3 heteroatoms. The highest BCUT2D eigenvalue weighted by Gasteiger charge is 2.07. The van der Waals surface area contributed by atoms with Crippen LogP contribution in [0.15, 0.2) is 22.7 Å². The van der Waals surface area contributed by atoms with Crippen molar-refractivity contribution in [2.24, 2.45) is 0 Å². The lowest BCUT2D eigenvalue weighted by atomic mass is 9.98. The summed E-state index contributed by atoms with van der Waals surface area (Å²) < 4.78 is 1.03. The second-order valence-corrected chi connectivity index (χ2v) is 4.95. The van der Waals surface area contributed by atoms with Crippen molar-refractivity contribution in [1.29, 1.82) is 0 Å². The van der Waals surface area contributed by atoms with E-state index in [-0.39, 0.29) is 6.42 Å². The van der Waals surface area contributed by atoms with Crippen molar-refractivity contribution in [2.75, 3.05) is 0 Å². The van der Waals surface area contributed by atoms with Crippen LogP contribution in [0.4, 0.5) is 0 Å². The highest BCUT2D eigenvalue weighted by molar-refractivity contribution is 9.10. The lowest BCUT2D eigenvalue weighted by Gasteiger charge is -2.11. The van der Waals surface area contributed by atoms with Gasteiger partial charge in [0, 0.05) is 4.47 Å². The predicted octanol–water partition coefficient (Wildman–Crippen LogP) is 4.33. The fourth-order valence-electron chi connectivity index (χ4n) is 1.68. The first-order chi connectivity index (χ1) is 7.95. The molecule has 0 saturated heterocycles. The van der Waals surface area contributed by atoms with E-state index in [0.717, 1.165) is 22.0 Å². The third-order valence-electron chi connectivity index (χ3n) is 2.83. The van der Waals surface area contributed by atoms with Gasteiger partial charge in [-0.25, -0.2) is 0 Å². The summed E-state index contributed by atoms with van der Waals surface area (Å²) in [5.74, 6) is -0.795. The van der Waals surface area contributed by atoms with Crippen LogP contribution in [0, 0.1) is 13.8 Å². The number of allylic oxidation sites excluding steroid dienone is 1. The number of benzene rings is 1. The molecule has 0 amide bonds. The molecule has 2 nitrogen and oxygen atoms in total. The molecule has 0 heterocycles. The van der Waals surface area contributed by atoms with Gasteiger partial charge in [-0.1, -0.05) is 35.0 Å². The molecular formula is C14H17BrO2. The van der Waals surface area contributed by atoms with E-state index in [1.165, 1.54) is 11.1 Å². The second-order valence-electron chi connectivity index (χ2n) is 4.10. The molecule has 0 saturated carbocycles. The van der Waals surface area contributed by atoms with E-state index in [1.54, 1.807) is 6.08 Å². The molecule has 0 unspecified atom stereocenters. The summed E-state index contributed by atoms with van der Waals surface area (Å²) in [6.07, 6.45) is 2.69. The summed E-state index contributed by atoms with van der Waals surface area (Å²) >= 11 is 3.54. The maximum absolute atomic E-state index is 10.6. The quantitative estimate of drug-likeness (QED) is 0.898. The highest BCUT2D eigenvalue weighted by atomic mass is 79.9. The van der Waals surface area contributed by atoms with Crippen molar-refractivity contribution in [3.63, 3.8) is 0 Å². The number of hydrogen-bond donors (Lipinski definition) is 1. The number of carboxylic acid groups (broad SMARTS) is 1. The topological polar surface area (TPSA) is 37.3 Å². The molecular weight excluding hydrogens is 280 g/mol. The molecule has 1 rings (SSSR count). The lowest BCUT2D eigenvalue weighted by molar-refractivity contribution is -0.135. The molecule has 1 N–H and O–H groups in total.